The Labute approximate surface area is 153 Å². The van der Waals surface area contributed by atoms with E-state index >= 15 is 0 Å². The summed E-state index contributed by atoms with van der Waals surface area (Å²) in [6.07, 6.45) is 5.33. The van der Waals surface area contributed by atoms with Gasteiger partial charge in [-0.1, -0.05) is 22.4 Å². The van der Waals surface area contributed by atoms with E-state index in [-0.39, 0.29) is 5.96 Å². The number of nitrogens with zero attached hydrogens (tertiary/aromatic N) is 3. The lowest BCUT2D eigenvalue weighted by molar-refractivity contribution is 0.305. The Bertz CT molecular complexity index is 705. The van der Waals surface area contributed by atoms with Crippen LogP contribution in [-0.2, 0) is 0 Å². The van der Waals surface area contributed by atoms with Gasteiger partial charge in [-0.2, -0.15) is 4.99 Å². The van der Waals surface area contributed by atoms with E-state index in [4.69, 9.17) is 16.5 Å². The highest BCUT2D eigenvalue weighted by molar-refractivity contribution is 9.11. The van der Waals surface area contributed by atoms with Gasteiger partial charge >= 0.3 is 0 Å². The molecular formula is C16H21Br2N5. The Morgan fingerprint density at radius 2 is 1.70 bits per heavy atom. The van der Waals surface area contributed by atoms with Crippen molar-refractivity contribution in [2.75, 3.05) is 4.90 Å². The maximum atomic E-state index is 6.32. The van der Waals surface area contributed by atoms with E-state index in [0.717, 1.165) is 45.9 Å². The third-order valence-electron chi connectivity index (χ3n) is 4.83. The normalized spacial score (nSPS) is 20.4. The maximum absolute atomic E-state index is 6.32. The van der Waals surface area contributed by atoms with Gasteiger partial charge in [0, 0.05) is 8.95 Å². The molecule has 0 atom stereocenters. The molecule has 3 rings (SSSR count). The molecule has 0 saturated heterocycles. The van der Waals surface area contributed by atoms with E-state index < -0.39 is 5.66 Å². The van der Waals surface area contributed by atoms with Gasteiger partial charge in [-0.25, -0.2) is 4.99 Å². The molecule has 1 fully saturated rings. The van der Waals surface area contributed by atoms with Crippen LogP contribution in [0, 0.1) is 13.8 Å². The first-order valence-electron chi connectivity index (χ1n) is 7.81. The van der Waals surface area contributed by atoms with E-state index in [2.05, 4.69) is 61.7 Å². The number of nitrogens with two attached hydrogens (primary N) is 2. The van der Waals surface area contributed by atoms with Crippen LogP contribution < -0.4 is 16.4 Å². The molecular weight excluding hydrogens is 422 g/mol. The molecule has 2 aliphatic rings. The first-order chi connectivity index (χ1) is 10.9. The van der Waals surface area contributed by atoms with Crippen LogP contribution >= 0.6 is 31.9 Å². The molecule has 5 nitrogen and oxygen atoms in total. The van der Waals surface area contributed by atoms with Gasteiger partial charge in [0.15, 0.2) is 0 Å². The Morgan fingerprint density at radius 1 is 1.04 bits per heavy atom. The van der Waals surface area contributed by atoms with E-state index in [1.165, 1.54) is 12.0 Å². The highest BCUT2D eigenvalue weighted by Gasteiger charge is 2.43. The van der Waals surface area contributed by atoms with E-state index in [0.29, 0.717) is 5.96 Å². The van der Waals surface area contributed by atoms with Gasteiger partial charge in [0.25, 0.3) is 0 Å². The lowest BCUT2D eigenvalue weighted by Crippen LogP contribution is -2.58. The molecule has 7 heteroatoms. The van der Waals surface area contributed by atoms with E-state index in [1.807, 2.05) is 0 Å². The average molecular weight is 443 g/mol. The fourth-order valence-electron chi connectivity index (χ4n) is 3.54. The number of anilines is 1. The van der Waals surface area contributed by atoms with Crippen LogP contribution in [0.5, 0.6) is 0 Å². The topological polar surface area (TPSA) is 80.0 Å². The van der Waals surface area contributed by atoms with Crippen molar-refractivity contribution >= 4 is 49.5 Å². The van der Waals surface area contributed by atoms with Crippen molar-refractivity contribution in [1.29, 1.82) is 0 Å². The number of guanidine groups is 2. The minimum Gasteiger partial charge on any atom is -0.369 e. The number of halogens is 2. The summed E-state index contributed by atoms with van der Waals surface area (Å²) in [6, 6.07) is 2.06. The number of aliphatic imine (C=N–C) groups is 2. The third kappa shape index (κ3) is 2.78. The molecule has 0 amide bonds. The van der Waals surface area contributed by atoms with Gasteiger partial charge in [0.1, 0.15) is 5.66 Å². The molecule has 1 saturated carbocycles. The molecule has 1 aliphatic carbocycles. The summed E-state index contributed by atoms with van der Waals surface area (Å²) in [5, 5.41) is 0. The number of hydrogen-bond donors (Lipinski definition) is 2. The molecule has 1 aromatic carbocycles. The summed E-state index contributed by atoms with van der Waals surface area (Å²) in [5.41, 5.74) is 15.2. The van der Waals surface area contributed by atoms with Crippen LogP contribution in [0.3, 0.4) is 0 Å². The summed E-state index contributed by atoms with van der Waals surface area (Å²) in [4.78, 5) is 11.1. The molecule has 124 valence electrons. The average Bonchev–Trinajstić information content (AvgIpc) is 2.48. The molecule has 0 unspecified atom stereocenters. The summed E-state index contributed by atoms with van der Waals surface area (Å²) < 4.78 is 2.05. The van der Waals surface area contributed by atoms with E-state index in [1.54, 1.807) is 0 Å². The Balaban J connectivity index is 2.21. The fourth-order valence-corrected chi connectivity index (χ4v) is 5.08. The van der Waals surface area contributed by atoms with Crippen molar-refractivity contribution in [1.82, 2.24) is 0 Å². The summed E-state index contributed by atoms with van der Waals surface area (Å²) in [7, 11) is 0. The van der Waals surface area contributed by atoms with Gasteiger partial charge in [-0.05, 0) is 72.7 Å². The van der Waals surface area contributed by atoms with Crippen molar-refractivity contribution in [2.24, 2.45) is 21.5 Å². The van der Waals surface area contributed by atoms with Gasteiger partial charge in [0.05, 0.1) is 5.69 Å². The first kappa shape index (κ1) is 16.8. The minimum absolute atomic E-state index is 0.281. The molecule has 0 bridgehead atoms. The quantitative estimate of drug-likeness (QED) is 0.691. The van der Waals surface area contributed by atoms with Crippen LogP contribution in [0.1, 0.15) is 43.2 Å². The Morgan fingerprint density at radius 3 is 2.35 bits per heavy atom. The molecule has 0 radical (unpaired) electrons. The third-order valence-corrected chi connectivity index (χ3v) is 6.26. The smallest absolute Gasteiger partial charge is 0.220 e. The lowest BCUT2D eigenvalue weighted by Gasteiger charge is -2.46. The van der Waals surface area contributed by atoms with Gasteiger partial charge in [0.2, 0.25) is 11.9 Å². The van der Waals surface area contributed by atoms with E-state index in [9.17, 15) is 0 Å². The second-order valence-electron chi connectivity index (χ2n) is 6.26. The number of benzene rings is 1. The predicted molar refractivity (Wildman–Crippen MR) is 103 cm³/mol. The minimum atomic E-state index is -0.415. The number of hydrogen-bond acceptors (Lipinski definition) is 5. The van der Waals surface area contributed by atoms with Gasteiger partial charge < -0.3 is 11.5 Å². The molecule has 0 aromatic heterocycles. The highest BCUT2D eigenvalue weighted by atomic mass is 79.9. The molecule has 1 aliphatic heterocycles. The first-order valence-corrected chi connectivity index (χ1v) is 9.39. The Kier molecular flexibility index (Phi) is 4.44. The molecule has 23 heavy (non-hydrogen) atoms. The zero-order valence-electron chi connectivity index (χ0n) is 13.4. The van der Waals surface area contributed by atoms with Gasteiger partial charge in [-0.3, -0.25) is 4.90 Å². The second kappa shape index (κ2) is 6.09. The summed E-state index contributed by atoms with van der Waals surface area (Å²) in [6.45, 7) is 4.20. The highest BCUT2D eigenvalue weighted by Crippen LogP contribution is 2.45. The lowest BCUT2D eigenvalue weighted by atomic mass is 9.86. The zero-order valence-corrected chi connectivity index (χ0v) is 16.5. The maximum Gasteiger partial charge on any atom is 0.220 e. The Hall–Kier alpha value is -1.08. The van der Waals surface area contributed by atoms with Crippen molar-refractivity contribution in [3.63, 3.8) is 0 Å². The van der Waals surface area contributed by atoms with Crippen molar-refractivity contribution in [2.45, 2.75) is 51.6 Å². The van der Waals surface area contributed by atoms with Crippen LogP contribution in [-0.4, -0.2) is 17.6 Å². The summed E-state index contributed by atoms with van der Waals surface area (Å²) >= 11 is 7.31. The molecule has 1 spiro atoms. The monoisotopic (exact) mass is 441 g/mol. The van der Waals surface area contributed by atoms with Crippen LogP contribution in [0.15, 0.2) is 25.0 Å². The molecule has 4 N–H and O–H groups in total. The van der Waals surface area contributed by atoms with Crippen LogP contribution in [0.2, 0.25) is 0 Å². The predicted octanol–water partition coefficient (Wildman–Crippen LogP) is 3.94. The SMILES string of the molecule is Cc1c(Br)cc(Br)c(N2C(N)=NC(N)=NC23CCCCC3)c1C. The van der Waals surface area contributed by atoms with Crippen molar-refractivity contribution < 1.29 is 0 Å². The standard InChI is InChI=1S/C16H21Br2N5/c1-9-10(2)13(12(18)8-11(9)17)23-15(20)21-14(19)22-16(23)6-4-3-5-7-16/h8H,3-7H2,1-2H3,(H4,19,20,21,22). The largest absolute Gasteiger partial charge is 0.369 e. The zero-order chi connectivity index (χ0) is 16.8. The molecule has 1 aromatic rings. The number of rotatable bonds is 1. The second-order valence-corrected chi connectivity index (χ2v) is 7.97. The van der Waals surface area contributed by atoms with Crippen LogP contribution in [0.25, 0.3) is 0 Å². The van der Waals surface area contributed by atoms with Crippen LogP contribution in [0.4, 0.5) is 5.69 Å². The van der Waals surface area contributed by atoms with Crippen molar-refractivity contribution in [3.8, 4) is 0 Å². The fraction of sp³-hybridized carbons (Fsp3) is 0.500. The van der Waals surface area contributed by atoms with Gasteiger partial charge in [-0.15, -0.1) is 0 Å². The summed E-state index contributed by atoms with van der Waals surface area (Å²) in [5.74, 6) is 0.702. The molecule has 1 heterocycles. The van der Waals surface area contributed by atoms with Crippen molar-refractivity contribution in [3.05, 3.63) is 26.1 Å².